The number of nitrogens with one attached hydrogen (secondary N) is 4. The number of alkyl carbamates (subject to hydrolysis) is 1. The zero-order chi connectivity index (χ0) is 21.7. The number of amides is 2. The summed E-state index contributed by atoms with van der Waals surface area (Å²) in [6.07, 6.45) is 0.248. The van der Waals surface area contributed by atoms with E-state index in [0.29, 0.717) is 32.0 Å². The van der Waals surface area contributed by atoms with Crippen LogP contribution < -0.4 is 26.0 Å². The van der Waals surface area contributed by atoms with Crippen LogP contribution >= 0.6 is 24.0 Å². The highest BCUT2D eigenvalue weighted by Crippen LogP contribution is 2.10. The minimum Gasteiger partial charge on any atom is -0.497 e. The lowest BCUT2D eigenvalue weighted by molar-refractivity contribution is -0.120. The molecule has 0 unspecified atom stereocenters. The fourth-order valence-electron chi connectivity index (χ4n) is 2.19. The average Bonchev–Trinajstić information content (AvgIpc) is 2.67. The Labute approximate surface area is 195 Å². The maximum absolute atomic E-state index is 12.0. The van der Waals surface area contributed by atoms with E-state index >= 15 is 0 Å². The maximum atomic E-state index is 12.0. The van der Waals surface area contributed by atoms with E-state index in [1.807, 2.05) is 45.0 Å². The van der Waals surface area contributed by atoms with Crippen molar-refractivity contribution in [1.82, 2.24) is 21.3 Å². The van der Waals surface area contributed by atoms with E-state index in [1.165, 1.54) is 0 Å². The van der Waals surface area contributed by atoms with Crippen molar-refractivity contribution in [1.29, 1.82) is 0 Å². The van der Waals surface area contributed by atoms with E-state index in [0.717, 1.165) is 11.3 Å². The first-order valence-electron chi connectivity index (χ1n) is 9.54. The van der Waals surface area contributed by atoms with E-state index in [2.05, 4.69) is 26.3 Å². The van der Waals surface area contributed by atoms with E-state index in [4.69, 9.17) is 9.47 Å². The Morgan fingerprint density at radius 1 is 1.00 bits per heavy atom. The third kappa shape index (κ3) is 13.1. The van der Waals surface area contributed by atoms with Crippen molar-refractivity contribution in [3.8, 4) is 5.75 Å². The molecule has 0 aromatic heterocycles. The van der Waals surface area contributed by atoms with Crippen molar-refractivity contribution in [2.24, 2.45) is 4.99 Å². The lowest BCUT2D eigenvalue weighted by Crippen LogP contribution is -2.43. The van der Waals surface area contributed by atoms with Gasteiger partial charge in [0, 0.05) is 26.7 Å². The Hall–Kier alpha value is -2.24. The summed E-state index contributed by atoms with van der Waals surface area (Å²) in [5, 5.41) is 11.6. The van der Waals surface area contributed by atoms with Crippen LogP contribution in [0, 0.1) is 0 Å². The number of aliphatic imine (C=N–C) groups is 1. The van der Waals surface area contributed by atoms with Crippen LogP contribution in [0.1, 0.15) is 32.8 Å². The minimum absolute atomic E-state index is 0. The summed E-state index contributed by atoms with van der Waals surface area (Å²) in [6.45, 7) is 7.05. The van der Waals surface area contributed by atoms with Gasteiger partial charge in [0.15, 0.2) is 5.96 Å². The second-order valence-electron chi connectivity index (χ2n) is 7.26. The normalized spacial score (nSPS) is 11.0. The van der Waals surface area contributed by atoms with Crippen LogP contribution in [0.4, 0.5) is 4.79 Å². The molecule has 1 aromatic carbocycles. The second kappa shape index (κ2) is 14.7. The molecule has 0 heterocycles. The minimum atomic E-state index is -0.512. The Morgan fingerprint density at radius 3 is 2.20 bits per heavy atom. The van der Waals surface area contributed by atoms with Crippen molar-refractivity contribution >= 4 is 41.9 Å². The molecule has 0 bridgehead atoms. The molecule has 0 saturated carbocycles. The zero-order valence-electron chi connectivity index (χ0n) is 18.3. The Balaban J connectivity index is 0.00000841. The number of rotatable bonds is 9. The summed E-state index contributed by atoms with van der Waals surface area (Å²) in [5.74, 6) is 1.15. The van der Waals surface area contributed by atoms with Gasteiger partial charge in [0.05, 0.1) is 13.7 Å². The molecule has 0 aliphatic rings. The predicted molar refractivity (Wildman–Crippen MR) is 128 cm³/mol. The van der Waals surface area contributed by atoms with E-state index in [-0.39, 0.29) is 36.4 Å². The van der Waals surface area contributed by atoms with Crippen molar-refractivity contribution < 1.29 is 19.1 Å². The summed E-state index contributed by atoms with van der Waals surface area (Å²) in [6, 6.07) is 7.50. The van der Waals surface area contributed by atoms with Crippen molar-refractivity contribution in [3.05, 3.63) is 29.8 Å². The monoisotopic (exact) mass is 535 g/mol. The third-order valence-corrected chi connectivity index (χ3v) is 3.60. The fourth-order valence-corrected chi connectivity index (χ4v) is 2.19. The van der Waals surface area contributed by atoms with Crippen LogP contribution in [0.25, 0.3) is 0 Å². The molecule has 170 valence electrons. The number of hydrogen-bond acceptors (Lipinski definition) is 5. The molecule has 30 heavy (non-hydrogen) atoms. The largest absolute Gasteiger partial charge is 0.497 e. The number of nitrogens with zero attached hydrogens (tertiary/aromatic N) is 1. The summed E-state index contributed by atoms with van der Waals surface area (Å²) in [7, 11) is 3.24. The first-order chi connectivity index (χ1) is 13.7. The summed E-state index contributed by atoms with van der Waals surface area (Å²) in [4.78, 5) is 27.6. The van der Waals surface area contributed by atoms with Gasteiger partial charge in [-0.15, -0.1) is 24.0 Å². The van der Waals surface area contributed by atoms with Gasteiger partial charge >= 0.3 is 6.09 Å². The molecule has 2 amide bonds. The summed E-state index contributed by atoms with van der Waals surface area (Å²) >= 11 is 0. The first-order valence-corrected chi connectivity index (χ1v) is 9.54. The number of guanidine groups is 1. The Kier molecular flexibility index (Phi) is 13.6. The molecular formula is C20H34IN5O4. The van der Waals surface area contributed by atoms with E-state index in [9.17, 15) is 9.59 Å². The zero-order valence-corrected chi connectivity index (χ0v) is 20.7. The van der Waals surface area contributed by atoms with Crippen LogP contribution in [0.5, 0.6) is 5.75 Å². The van der Waals surface area contributed by atoms with Gasteiger partial charge in [0.25, 0.3) is 0 Å². The molecule has 1 rings (SSSR count). The SMILES string of the molecule is CN=C(NCCCNC(=O)OC(C)(C)C)NCC(=O)NCc1ccc(OC)cc1.I. The van der Waals surface area contributed by atoms with Crippen molar-refractivity contribution in [2.75, 3.05) is 33.8 Å². The topological polar surface area (TPSA) is 113 Å². The Bertz CT molecular complexity index is 675. The van der Waals surface area contributed by atoms with Gasteiger partial charge in [-0.1, -0.05) is 12.1 Å². The molecule has 0 aliphatic heterocycles. The van der Waals surface area contributed by atoms with Crippen LogP contribution in [0.15, 0.2) is 29.3 Å². The van der Waals surface area contributed by atoms with Crippen LogP contribution in [0.2, 0.25) is 0 Å². The Morgan fingerprint density at radius 2 is 1.63 bits per heavy atom. The number of methoxy groups -OCH3 is 1. The second-order valence-corrected chi connectivity index (χ2v) is 7.26. The van der Waals surface area contributed by atoms with Crippen LogP contribution in [0.3, 0.4) is 0 Å². The summed E-state index contributed by atoms with van der Waals surface area (Å²) in [5.41, 5.74) is 0.474. The van der Waals surface area contributed by atoms with Crippen LogP contribution in [-0.2, 0) is 16.1 Å². The molecule has 0 radical (unpaired) electrons. The average molecular weight is 535 g/mol. The van der Waals surface area contributed by atoms with Crippen molar-refractivity contribution in [2.45, 2.75) is 39.3 Å². The molecule has 4 N–H and O–H groups in total. The van der Waals surface area contributed by atoms with Gasteiger partial charge in [-0.05, 0) is 44.9 Å². The molecule has 9 nitrogen and oxygen atoms in total. The standard InChI is InChI=1S/C20H33N5O4.HI/c1-20(2,3)29-19(27)23-12-6-11-22-18(21-4)25-14-17(26)24-13-15-7-9-16(28-5)10-8-15;/h7-10H,6,11-14H2,1-5H3,(H,23,27)(H,24,26)(H2,21,22,25);1H. The first kappa shape index (κ1) is 27.8. The maximum Gasteiger partial charge on any atom is 0.407 e. The van der Waals surface area contributed by atoms with Gasteiger partial charge in [0.2, 0.25) is 5.91 Å². The van der Waals surface area contributed by atoms with Gasteiger partial charge < -0.3 is 30.7 Å². The van der Waals surface area contributed by atoms with Gasteiger partial charge in [0.1, 0.15) is 11.4 Å². The molecule has 1 aromatic rings. The molecule has 0 spiro atoms. The molecule has 0 aliphatic carbocycles. The van der Waals surface area contributed by atoms with Crippen LogP contribution in [-0.4, -0.2) is 57.4 Å². The third-order valence-electron chi connectivity index (χ3n) is 3.60. The highest BCUT2D eigenvalue weighted by Gasteiger charge is 2.15. The molecule has 0 fully saturated rings. The number of benzene rings is 1. The smallest absolute Gasteiger partial charge is 0.407 e. The molecule has 0 atom stereocenters. The van der Waals surface area contributed by atoms with Gasteiger partial charge in [-0.3, -0.25) is 9.79 Å². The van der Waals surface area contributed by atoms with E-state index < -0.39 is 11.7 Å². The van der Waals surface area contributed by atoms with Crippen molar-refractivity contribution in [3.63, 3.8) is 0 Å². The quantitative estimate of drug-likeness (QED) is 0.167. The number of ether oxygens (including phenoxy) is 2. The van der Waals surface area contributed by atoms with E-state index in [1.54, 1.807) is 14.2 Å². The molecule has 0 saturated heterocycles. The molecule has 10 heteroatoms. The summed E-state index contributed by atoms with van der Waals surface area (Å²) < 4.78 is 10.3. The fraction of sp³-hybridized carbons (Fsp3) is 0.550. The number of hydrogen-bond donors (Lipinski definition) is 4. The van der Waals surface area contributed by atoms with Gasteiger partial charge in [-0.25, -0.2) is 4.79 Å². The number of carbonyl (C=O) groups is 2. The lowest BCUT2D eigenvalue weighted by Gasteiger charge is -2.19. The number of halogens is 1. The highest BCUT2D eigenvalue weighted by atomic mass is 127. The lowest BCUT2D eigenvalue weighted by atomic mass is 10.2. The van der Waals surface area contributed by atoms with Gasteiger partial charge in [-0.2, -0.15) is 0 Å². The highest BCUT2D eigenvalue weighted by molar-refractivity contribution is 14.0. The predicted octanol–water partition coefficient (Wildman–Crippen LogP) is 2.01. The molecular weight excluding hydrogens is 501 g/mol. The number of carbonyl (C=O) groups excluding carboxylic acids is 2.